The minimum Gasteiger partial charge on any atom is -0.211 e. The van der Waals surface area contributed by atoms with Gasteiger partial charge in [-0.2, -0.15) is 5.26 Å². The zero-order valence-electron chi connectivity index (χ0n) is 13.1. The topological polar surface area (TPSA) is 70.0 Å². The second kappa shape index (κ2) is 7.91. The number of aryl methyl sites for hydroxylation is 1. The maximum absolute atomic E-state index is 12.2. The number of nitriles is 1. The fraction of sp³-hybridized carbons (Fsp3) is 0.278. The lowest BCUT2D eigenvalue weighted by molar-refractivity contribution is 0.557. The van der Waals surface area contributed by atoms with Gasteiger partial charge in [-0.05, 0) is 37.5 Å². The Morgan fingerprint density at radius 1 is 1.09 bits per heavy atom. The van der Waals surface area contributed by atoms with Gasteiger partial charge in [0.25, 0.3) is 0 Å². The molecule has 0 aliphatic carbocycles. The van der Waals surface area contributed by atoms with E-state index in [2.05, 4.69) is 10.8 Å². The zero-order valence-corrected chi connectivity index (χ0v) is 13.9. The Hall–Kier alpha value is -2.16. The highest BCUT2D eigenvalue weighted by molar-refractivity contribution is 7.89. The second-order valence-electron chi connectivity index (χ2n) is 5.52. The quantitative estimate of drug-likeness (QED) is 0.849. The average molecular weight is 328 g/mol. The van der Waals surface area contributed by atoms with Crippen molar-refractivity contribution < 1.29 is 8.42 Å². The molecule has 23 heavy (non-hydrogen) atoms. The Kier molecular flexibility index (Phi) is 5.91. The Morgan fingerprint density at radius 3 is 2.35 bits per heavy atom. The summed E-state index contributed by atoms with van der Waals surface area (Å²) >= 11 is 0. The van der Waals surface area contributed by atoms with Crippen molar-refractivity contribution in [2.45, 2.75) is 24.7 Å². The van der Waals surface area contributed by atoms with Gasteiger partial charge in [-0.25, -0.2) is 13.1 Å². The summed E-state index contributed by atoms with van der Waals surface area (Å²) in [6.45, 7) is 2.16. The van der Waals surface area contributed by atoms with E-state index in [1.807, 2.05) is 37.3 Å². The fourth-order valence-corrected chi connectivity index (χ4v) is 3.33. The van der Waals surface area contributed by atoms with Crippen LogP contribution in [0.4, 0.5) is 0 Å². The molecular formula is C18H20N2O2S. The molecule has 0 saturated carbocycles. The number of rotatable bonds is 7. The lowest BCUT2D eigenvalue weighted by atomic mass is 9.98. The van der Waals surface area contributed by atoms with E-state index in [4.69, 9.17) is 0 Å². The second-order valence-corrected chi connectivity index (χ2v) is 7.28. The number of nitrogens with zero attached hydrogens (tertiary/aromatic N) is 1. The summed E-state index contributed by atoms with van der Waals surface area (Å²) in [6.07, 6.45) is 1.11. The Morgan fingerprint density at radius 2 is 1.74 bits per heavy atom. The first-order valence-corrected chi connectivity index (χ1v) is 8.99. The third-order valence-electron chi connectivity index (χ3n) is 3.62. The molecule has 0 amide bonds. The SMILES string of the molecule is Cc1ccc(S(=O)(=O)NCCC(C#N)Cc2ccccc2)cc1. The summed E-state index contributed by atoms with van der Waals surface area (Å²) in [6, 6.07) is 18.7. The van der Waals surface area contributed by atoms with Crippen LogP contribution in [-0.2, 0) is 16.4 Å². The van der Waals surface area contributed by atoms with Crippen LogP contribution >= 0.6 is 0 Å². The molecule has 0 heterocycles. The summed E-state index contributed by atoms with van der Waals surface area (Å²) in [7, 11) is -3.51. The van der Waals surface area contributed by atoms with Crippen molar-refractivity contribution in [3.05, 3.63) is 65.7 Å². The molecule has 5 heteroatoms. The normalized spacial score (nSPS) is 12.5. The van der Waals surface area contributed by atoms with Crippen molar-refractivity contribution in [3.63, 3.8) is 0 Å². The van der Waals surface area contributed by atoms with Crippen LogP contribution in [0.1, 0.15) is 17.5 Å². The predicted molar refractivity (Wildman–Crippen MR) is 90.2 cm³/mol. The molecule has 1 unspecified atom stereocenters. The lowest BCUT2D eigenvalue weighted by Crippen LogP contribution is -2.26. The zero-order chi connectivity index (χ0) is 16.7. The molecule has 0 aliphatic heterocycles. The molecule has 4 nitrogen and oxygen atoms in total. The van der Waals surface area contributed by atoms with Gasteiger partial charge in [-0.15, -0.1) is 0 Å². The van der Waals surface area contributed by atoms with E-state index in [1.54, 1.807) is 24.3 Å². The molecule has 2 aromatic carbocycles. The van der Waals surface area contributed by atoms with Gasteiger partial charge in [-0.1, -0.05) is 48.0 Å². The third-order valence-corrected chi connectivity index (χ3v) is 5.10. The van der Waals surface area contributed by atoms with Crippen molar-refractivity contribution in [3.8, 4) is 6.07 Å². The van der Waals surface area contributed by atoms with Crippen LogP contribution < -0.4 is 4.72 Å². The fourth-order valence-electron chi connectivity index (χ4n) is 2.28. The van der Waals surface area contributed by atoms with Crippen molar-refractivity contribution in [2.75, 3.05) is 6.54 Å². The minimum atomic E-state index is -3.51. The van der Waals surface area contributed by atoms with Gasteiger partial charge < -0.3 is 0 Å². The highest BCUT2D eigenvalue weighted by atomic mass is 32.2. The smallest absolute Gasteiger partial charge is 0.211 e. The van der Waals surface area contributed by atoms with E-state index >= 15 is 0 Å². The Balaban J connectivity index is 1.90. The van der Waals surface area contributed by atoms with Crippen LogP contribution in [0.25, 0.3) is 0 Å². The van der Waals surface area contributed by atoms with Crippen molar-refractivity contribution in [1.82, 2.24) is 4.72 Å². The molecule has 0 radical (unpaired) electrons. The number of hydrogen-bond donors (Lipinski definition) is 1. The van der Waals surface area contributed by atoms with Crippen LogP contribution in [0.15, 0.2) is 59.5 Å². The van der Waals surface area contributed by atoms with Crippen LogP contribution in [0.2, 0.25) is 0 Å². The summed E-state index contributed by atoms with van der Waals surface area (Å²) in [5, 5.41) is 9.24. The summed E-state index contributed by atoms with van der Waals surface area (Å²) in [5.74, 6) is -0.210. The number of benzene rings is 2. The number of sulfonamides is 1. The van der Waals surface area contributed by atoms with Crippen molar-refractivity contribution in [2.24, 2.45) is 5.92 Å². The first kappa shape index (κ1) is 17.2. The standard InChI is InChI=1S/C18H20N2O2S/c1-15-7-9-18(10-8-15)23(21,22)20-12-11-17(14-19)13-16-5-3-2-4-6-16/h2-10,17,20H,11-13H2,1H3. The van der Waals surface area contributed by atoms with Crippen LogP contribution in [-0.4, -0.2) is 15.0 Å². The Bertz CT molecular complexity index is 763. The van der Waals surface area contributed by atoms with E-state index in [0.717, 1.165) is 11.1 Å². The first-order chi connectivity index (χ1) is 11.0. The van der Waals surface area contributed by atoms with Gasteiger partial charge in [-0.3, -0.25) is 0 Å². The molecule has 2 aromatic rings. The average Bonchev–Trinajstić information content (AvgIpc) is 2.55. The van der Waals surface area contributed by atoms with Crippen LogP contribution in [0, 0.1) is 24.2 Å². The van der Waals surface area contributed by atoms with E-state index in [1.165, 1.54) is 0 Å². The van der Waals surface area contributed by atoms with Gasteiger partial charge >= 0.3 is 0 Å². The van der Waals surface area contributed by atoms with Gasteiger partial charge in [0.2, 0.25) is 10.0 Å². The molecule has 1 N–H and O–H groups in total. The molecule has 0 aliphatic rings. The van der Waals surface area contributed by atoms with Crippen LogP contribution in [0.3, 0.4) is 0 Å². The lowest BCUT2D eigenvalue weighted by Gasteiger charge is -2.11. The predicted octanol–water partition coefficient (Wildman–Crippen LogP) is 3.05. The van der Waals surface area contributed by atoms with Crippen molar-refractivity contribution in [1.29, 1.82) is 5.26 Å². The molecule has 0 fully saturated rings. The molecular weight excluding hydrogens is 308 g/mol. The Labute approximate surface area is 137 Å². The molecule has 0 spiro atoms. The van der Waals surface area contributed by atoms with Crippen LogP contribution in [0.5, 0.6) is 0 Å². The van der Waals surface area contributed by atoms with E-state index < -0.39 is 10.0 Å². The molecule has 0 aromatic heterocycles. The maximum atomic E-state index is 12.2. The van der Waals surface area contributed by atoms with E-state index in [0.29, 0.717) is 12.8 Å². The minimum absolute atomic E-state index is 0.210. The molecule has 120 valence electrons. The maximum Gasteiger partial charge on any atom is 0.240 e. The molecule has 2 rings (SSSR count). The highest BCUT2D eigenvalue weighted by Crippen LogP contribution is 2.13. The highest BCUT2D eigenvalue weighted by Gasteiger charge is 2.15. The van der Waals surface area contributed by atoms with E-state index in [-0.39, 0.29) is 17.4 Å². The van der Waals surface area contributed by atoms with Crippen molar-refractivity contribution >= 4 is 10.0 Å². The largest absolute Gasteiger partial charge is 0.240 e. The number of hydrogen-bond acceptors (Lipinski definition) is 3. The van der Waals surface area contributed by atoms with Gasteiger partial charge in [0.1, 0.15) is 0 Å². The molecule has 0 saturated heterocycles. The third kappa shape index (κ3) is 5.20. The summed E-state index contributed by atoms with van der Waals surface area (Å²) in [5.41, 5.74) is 2.09. The van der Waals surface area contributed by atoms with Gasteiger partial charge in [0, 0.05) is 6.54 Å². The number of nitrogens with one attached hydrogen (secondary N) is 1. The van der Waals surface area contributed by atoms with Gasteiger partial charge in [0.05, 0.1) is 16.9 Å². The van der Waals surface area contributed by atoms with Gasteiger partial charge in [0.15, 0.2) is 0 Å². The first-order valence-electron chi connectivity index (χ1n) is 7.51. The molecule has 1 atom stereocenters. The monoisotopic (exact) mass is 328 g/mol. The summed E-state index contributed by atoms with van der Waals surface area (Å²) in [4.78, 5) is 0.250. The summed E-state index contributed by atoms with van der Waals surface area (Å²) < 4.78 is 26.9. The van der Waals surface area contributed by atoms with E-state index in [9.17, 15) is 13.7 Å². The molecule has 0 bridgehead atoms.